The summed E-state index contributed by atoms with van der Waals surface area (Å²) in [7, 11) is -3.48. The minimum absolute atomic E-state index is 0.171. The number of H-pyrrole nitrogens is 1. The second-order valence-electron chi connectivity index (χ2n) is 2.75. The number of aromatic nitrogens is 4. The van der Waals surface area contributed by atoms with E-state index < -0.39 is 10.0 Å². The molecule has 0 atom stereocenters. The van der Waals surface area contributed by atoms with Crippen molar-refractivity contribution in [3.8, 4) is 0 Å². The summed E-state index contributed by atoms with van der Waals surface area (Å²) in [4.78, 5) is 10.3. The molecule has 0 aliphatic rings. The minimum atomic E-state index is -3.48. The van der Waals surface area contributed by atoms with E-state index in [4.69, 9.17) is 5.41 Å². The minimum Gasteiger partial charge on any atom is -0.340 e. The third-order valence-corrected chi connectivity index (χ3v) is 2.71. The third kappa shape index (κ3) is 1.20. The lowest BCUT2D eigenvalue weighted by molar-refractivity contribution is 0.589. The third-order valence-electron chi connectivity index (χ3n) is 1.72. The zero-order valence-electron chi connectivity index (χ0n) is 7.22. The predicted octanol–water partition coefficient (Wildman–Crippen LogP) is -0.953. The Bertz CT molecular complexity index is 638. The Morgan fingerprint density at radius 2 is 2.21 bits per heavy atom. The van der Waals surface area contributed by atoms with Crippen molar-refractivity contribution < 1.29 is 8.42 Å². The van der Waals surface area contributed by atoms with Crippen molar-refractivity contribution in [3.63, 3.8) is 0 Å². The van der Waals surface area contributed by atoms with Gasteiger partial charge in [-0.25, -0.2) is 22.4 Å². The Morgan fingerprint density at radius 1 is 1.50 bits per heavy atom. The predicted molar refractivity (Wildman–Crippen MR) is 48.0 cm³/mol. The van der Waals surface area contributed by atoms with Crippen LogP contribution in [0, 0.1) is 5.41 Å². The molecule has 0 saturated heterocycles. The molecule has 0 saturated carbocycles. The Kier molecular flexibility index (Phi) is 1.68. The average molecular weight is 213 g/mol. The molecule has 0 radical (unpaired) electrons. The first-order valence-corrected chi connectivity index (χ1v) is 5.51. The van der Waals surface area contributed by atoms with Gasteiger partial charge in [0.1, 0.15) is 11.8 Å². The number of hydrogen-bond acceptors (Lipinski definition) is 5. The van der Waals surface area contributed by atoms with E-state index in [-0.39, 0.29) is 5.49 Å². The van der Waals surface area contributed by atoms with Crippen molar-refractivity contribution in [2.24, 2.45) is 0 Å². The number of aromatic amines is 1. The van der Waals surface area contributed by atoms with E-state index in [1.165, 1.54) is 6.33 Å². The normalized spacial score (nSPS) is 12.1. The van der Waals surface area contributed by atoms with Crippen LogP contribution in [0.4, 0.5) is 0 Å². The van der Waals surface area contributed by atoms with Crippen LogP contribution in [0.15, 0.2) is 12.7 Å². The second kappa shape index (κ2) is 2.64. The summed E-state index contributed by atoms with van der Waals surface area (Å²) in [6.45, 7) is 0. The van der Waals surface area contributed by atoms with Crippen LogP contribution >= 0.6 is 0 Å². The first kappa shape index (κ1) is 8.88. The monoisotopic (exact) mass is 213 g/mol. The molecule has 74 valence electrons. The molecule has 7 nitrogen and oxygen atoms in total. The maximum absolute atomic E-state index is 11.2. The maximum atomic E-state index is 11.2. The highest BCUT2D eigenvalue weighted by molar-refractivity contribution is 7.89. The smallest absolute Gasteiger partial charge is 0.238 e. The van der Waals surface area contributed by atoms with Gasteiger partial charge in [-0.1, -0.05) is 0 Å². The van der Waals surface area contributed by atoms with Crippen molar-refractivity contribution in [3.05, 3.63) is 18.1 Å². The quantitative estimate of drug-likeness (QED) is 0.636. The molecule has 0 bridgehead atoms. The Balaban J connectivity index is 2.95. The van der Waals surface area contributed by atoms with E-state index in [1.807, 2.05) is 0 Å². The Morgan fingerprint density at radius 3 is 2.86 bits per heavy atom. The van der Waals surface area contributed by atoms with Gasteiger partial charge in [0.15, 0.2) is 11.1 Å². The lowest BCUT2D eigenvalue weighted by atomic mass is 10.5. The lowest BCUT2D eigenvalue weighted by Crippen LogP contribution is -2.26. The molecule has 0 amide bonds. The summed E-state index contributed by atoms with van der Waals surface area (Å²) in [6.07, 6.45) is 3.44. The molecular weight excluding hydrogens is 206 g/mol. The topological polar surface area (TPSA) is 104 Å². The molecule has 0 spiro atoms. The Hall–Kier alpha value is -1.70. The van der Waals surface area contributed by atoms with Gasteiger partial charge >= 0.3 is 0 Å². The van der Waals surface area contributed by atoms with Crippen LogP contribution in [0.2, 0.25) is 0 Å². The van der Waals surface area contributed by atoms with Crippen molar-refractivity contribution in [2.45, 2.75) is 0 Å². The van der Waals surface area contributed by atoms with Crippen LogP contribution in [0.5, 0.6) is 0 Å². The first-order valence-electron chi connectivity index (χ1n) is 3.66. The zero-order valence-corrected chi connectivity index (χ0v) is 8.04. The van der Waals surface area contributed by atoms with E-state index in [9.17, 15) is 8.42 Å². The fraction of sp³-hybridized carbons (Fsp3) is 0.167. The lowest BCUT2D eigenvalue weighted by Gasteiger charge is -2.01. The molecule has 2 aromatic heterocycles. The molecule has 0 fully saturated rings. The van der Waals surface area contributed by atoms with Gasteiger partial charge in [-0.2, -0.15) is 0 Å². The number of hydrogen-bond donors (Lipinski definition) is 2. The van der Waals surface area contributed by atoms with E-state index in [0.29, 0.717) is 11.2 Å². The van der Waals surface area contributed by atoms with Crippen LogP contribution in [-0.4, -0.2) is 33.6 Å². The highest BCUT2D eigenvalue weighted by atomic mass is 32.2. The number of imidazole rings is 1. The van der Waals surface area contributed by atoms with E-state index in [0.717, 1.165) is 16.6 Å². The molecule has 0 unspecified atom stereocenters. The molecule has 8 heteroatoms. The summed E-state index contributed by atoms with van der Waals surface area (Å²) in [5.41, 5.74) is 0.461. The zero-order chi connectivity index (χ0) is 10.3. The van der Waals surface area contributed by atoms with Gasteiger partial charge in [-0.3, -0.25) is 5.41 Å². The van der Waals surface area contributed by atoms with Gasteiger partial charge in [0, 0.05) is 0 Å². The summed E-state index contributed by atoms with van der Waals surface area (Å²) in [6, 6.07) is 0. The van der Waals surface area contributed by atoms with Gasteiger partial charge in [-0.05, 0) is 0 Å². The summed E-state index contributed by atoms with van der Waals surface area (Å²) >= 11 is 0. The van der Waals surface area contributed by atoms with Gasteiger partial charge in [0.2, 0.25) is 10.0 Å². The van der Waals surface area contributed by atoms with Crippen molar-refractivity contribution in [2.75, 3.05) is 6.26 Å². The number of nitrogens with one attached hydrogen (secondary N) is 2. The summed E-state index contributed by atoms with van der Waals surface area (Å²) < 4.78 is 23.2. The van der Waals surface area contributed by atoms with Crippen LogP contribution in [0.1, 0.15) is 0 Å². The molecule has 2 heterocycles. The van der Waals surface area contributed by atoms with Crippen LogP contribution in [0.25, 0.3) is 11.2 Å². The van der Waals surface area contributed by atoms with Crippen LogP contribution in [-0.2, 0) is 10.0 Å². The number of rotatable bonds is 1. The van der Waals surface area contributed by atoms with Gasteiger partial charge in [0.25, 0.3) is 0 Å². The van der Waals surface area contributed by atoms with E-state index in [2.05, 4.69) is 15.0 Å². The standard InChI is InChI=1S/C6H7N5O2S/c1-14(12,13)11-3-10-6-4(5(11)7)8-2-9-6/h2-3,7H,1H3,(H,8,9). The molecular formula is C6H7N5O2S. The Labute approximate surface area is 79.0 Å². The van der Waals surface area contributed by atoms with Crippen LogP contribution in [0.3, 0.4) is 0 Å². The molecule has 2 rings (SSSR count). The van der Waals surface area contributed by atoms with Crippen molar-refractivity contribution >= 4 is 21.2 Å². The van der Waals surface area contributed by atoms with E-state index >= 15 is 0 Å². The molecule has 0 aromatic carbocycles. The number of nitrogens with zero attached hydrogens (tertiary/aromatic N) is 3. The highest BCUT2D eigenvalue weighted by Crippen LogP contribution is 1.98. The molecule has 0 aliphatic carbocycles. The largest absolute Gasteiger partial charge is 0.340 e. The van der Waals surface area contributed by atoms with E-state index in [1.54, 1.807) is 0 Å². The van der Waals surface area contributed by atoms with Gasteiger partial charge < -0.3 is 4.98 Å². The molecule has 2 N–H and O–H groups in total. The molecule has 0 aliphatic heterocycles. The fourth-order valence-corrected chi connectivity index (χ4v) is 1.73. The van der Waals surface area contributed by atoms with Gasteiger partial charge in [0.05, 0.1) is 12.6 Å². The highest BCUT2D eigenvalue weighted by Gasteiger charge is 2.09. The fourth-order valence-electron chi connectivity index (χ4n) is 1.09. The first-order chi connectivity index (χ1) is 6.50. The van der Waals surface area contributed by atoms with Crippen molar-refractivity contribution in [1.82, 2.24) is 18.9 Å². The average Bonchev–Trinajstić information content (AvgIpc) is 2.50. The summed E-state index contributed by atoms with van der Waals surface area (Å²) in [5.74, 6) is 0. The number of fused-ring (bicyclic) bond motifs is 1. The molecule has 2 aromatic rings. The van der Waals surface area contributed by atoms with Crippen LogP contribution < -0.4 is 5.49 Å². The second-order valence-corrected chi connectivity index (χ2v) is 4.61. The SMILES string of the molecule is CS(=O)(=O)n1cnc2nc[nH]c2c1=N. The summed E-state index contributed by atoms with van der Waals surface area (Å²) in [5, 5.41) is 7.58. The maximum Gasteiger partial charge on any atom is 0.238 e. The molecule has 14 heavy (non-hydrogen) atoms. The van der Waals surface area contributed by atoms with Gasteiger partial charge in [-0.15, -0.1) is 0 Å². The van der Waals surface area contributed by atoms with Crippen molar-refractivity contribution in [1.29, 1.82) is 5.41 Å².